The average Bonchev–Trinajstić information content (AvgIpc) is 3.19. The number of hydrogen-bond acceptors (Lipinski definition) is 6. The summed E-state index contributed by atoms with van der Waals surface area (Å²) in [5.41, 5.74) is -0.182. The molecule has 2 aromatic heterocycles. The molecule has 0 saturated carbocycles. The number of nitrogens with zero attached hydrogens (tertiary/aromatic N) is 4. The number of fused-ring (bicyclic) bond motifs is 1. The fourth-order valence-electron chi connectivity index (χ4n) is 4.45. The number of rotatable bonds is 7. The lowest BCUT2D eigenvalue weighted by molar-refractivity contribution is -0.137. The number of hydrogen-bond donors (Lipinski definition) is 2. The Morgan fingerprint density at radius 2 is 1.79 bits per heavy atom. The van der Waals surface area contributed by atoms with Gasteiger partial charge in [0.05, 0.1) is 28.8 Å². The molecule has 3 heterocycles. The van der Waals surface area contributed by atoms with Gasteiger partial charge in [0.2, 0.25) is 11.9 Å². The van der Waals surface area contributed by atoms with Gasteiger partial charge in [-0.25, -0.2) is 14.4 Å². The Kier molecular flexibility index (Phi) is 7.38. The van der Waals surface area contributed by atoms with Crippen molar-refractivity contribution < 1.29 is 27.1 Å². The maximum absolute atomic E-state index is 14.2. The third kappa shape index (κ3) is 6.28. The van der Waals surface area contributed by atoms with E-state index in [1.807, 2.05) is 0 Å². The predicted octanol–water partition coefficient (Wildman–Crippen LogP) is 6.09. The second-order valence-corrected chi connectivity index (χ2v) is 9.33. The largest absolute Gasteiger partial charge is 0.457 e. The van der Waals surface area contributed by atoms with E-state index in [0.29, 0.717) is 47.0 Å². The smallest absolute Gasteiger partial charge is 0.416 e. The average molecular weight is 543 g/mol. The lowest BCUT2D eigenvalue weighted by Gasteiger charge is -2.25. The maximum Gasteiger partial charge on any atom is 0.416 e. The minimum Gasteiger partial charge on any atom is -0.457 e. The summed E-state index contributed by atoms with van der Waals surface area (Å²) in [6.07, 6.45) is 0.294. The van der Waals surface area contributed by atoms with E-state index in [2.05, 4.69) is 25.5 Å². The van der Waals surface area contributed by atoms with Crippen LogP contribution >= 0.6 is 0 Å². The van der Waals surface area contributed by atoms with Crippen LogP contribution in [0.5, 0.6) is 11.5 Å². The number of halogens is 4. The molecule has 39 heavy (non-hydrogen) atoms. The molecule has 0 spiro atoms. The highest BCUT2D eigenvalue weighted by Crippen LogP contribution is 2.33. The highest BCUT2D eigenvalue weighted by Gasteiger charge is 2.31. The molecule has 0 bridgehead atoms. The monoisotopic (exact) mass is 542 g/mol. The number of imidazole rings is 1. The number of aromatic nitrogens is 3. The van der Waals surface area contributed by atoms with Gasteiger partial charge in [-0.1, -0.05) is 6.42 Å². The van der Waals surface area contributed by atoms with Crippen LogP contribution in [-0.4, -0.2) is 45.0 Å². The van der Waals surface area contributed by atoms with E-state index in [4.69, 9.17) is 4.74 Å². The van der Waals surface area contributed by atoms with Gasteiger partial charge in [-0.3, -0.25) is 9.69 Å². The molecule has 0 aliphatic carbocycles. The molecule has 0 atom stereocenters. The number of likely N-dealkylation sites (tertiary alicyclic amines) is 1. The predicted molar refractivity (Wildman–Crippen MR) is 139 cm³/mol. The first-order chi connectivity index (χ1) is 18.7. The number of aryl methyl sites for hydroxylation is 1. The molecule has 1 aliphatic rings. The molecule has 2 aromatic carbocycles. The molecule has 8 nitrogen and oxygen atoms in total. The van der Waals surface area contributed by atoms with Crippen LogP contribution < -0.4 is 15.4 Å². The van der Waals surface area contributed by atoms with Gasteiger partial charge in [0.25, 0.3) is 0 Å². The Hall–Kier alpha value is -4.19. The zero-order valence-corrected chi connectivity index (χ0v) is 21.1. The van der Waals surface area contributed by atoms with Crippen molar-refractivity contribution in [2.24, 2.45) is 7.05 Å². The second kappa shape index (κ2) is 10.9. The van der Waals surface area contributed by atoms with Crippen molar-refractivity contribution in [2.45, 2.75) is 25.4 Å². The lowest BCUT2D eigenvalue weighted by Crippen LogP contribution is -2.36. The fourth-order valence-corrected chi connectivity index (χ4v) is 4.45. The minimum absolute atomic E-state index is 0.145. The van der Waals surface area contributed by atoms with Crippen molar-refractivity contribution in [3.63, 3.8) is 0 Å². The Morgan fingerprint density at radius 3 is 2.56 bits per heavy atom. The van der Waals surface area contributed by atoms with E-state index in [-0.39, 0.29) is 17.5 Å². The summed E-state index contributed by atoms with van der Waals surface area (Å²) < 4.78 is 61.0. The SMILES string of the molecule is Cn1c(Nc2cc(C(F)(F)F)ccc2F)nc2cc(Oc3ccnc(NC(=O)CN4CCCCC4)c3)ccc21. The highest BCUT2D eigenvalue weighted by molar-refractivity contribution is 5.91. The van der Waals surface area contributed by atoms with Crippen LogP contribution in [0.3, 0.4) is 0 Å². The van der Waals surface area contributed by atoms with Crippen molar-refractivity contribution in [3.05, 3.63) is 66.1 Å². The number of ether oxygens (including phenoxy) is 1. The number of piperidine rings is 1. The number of benzene rings is 2. The summed E-state index contributed by atoms with van der Waals surface area (Å²) >= 11 is 0. The minimum atomic E-state index is -4.61. The summed E-state index contributed by atoms with van der Waals surface area (Å²) in [6.45, 7) is 2.13. The van der Waals surface area contributed by atoms with Gasteiger partial charge in [0.1, 0.15) is 23.1 Å². The van der Waals surface area contributed by atoms with Crippen molar-refractivity contribution in [3.8, 4) is 11.5 Å². The number of alkyl halides is 3. The van der Waals surface area contributed by atoms with Crippen molar-refractivity contribution >= 4 is 34.4 Å². The molecular formula is C27H26F4N6O2. The molecule has 2 N–H and O–H groups in total. The number of anilines is 3. The third-order valence-corrected chi connectivity index (χ3v) is 6.44. The van der Waals surface area contributed by atoms with Crippen molar-refractivity contribution in [2.75, 3.05) is 30.3 Å². The normalized spacial score (nSPS) is 14.4. The Morgan fingerprint density at radius 1 is 1.03 bits per heavy atom. The van der Waals surface area contributed by atoms with Crippen LogP contribution in [0, 0.1) is 5.82 Å². The summed E-state index contributed by atoms with van der Waals surface area (Å²) in [5.74, 6) is 0.419. The van der Waals surface area contributed by atoms with E-state index < -0.39 is 17.6 Å². The highest BCUT2D eigenvalue weighted by atomic mass is 19.4. The molecule has 4 aromatic rings. The van der Waals surface area contributed by atoms with E-state index in [1.165, 1.54) is 12.6 Å². The number of pyridine rings is 1. The summed E-state index contributed by atoms with van der Waals surface area (Å²) in [6, 6.07) is 10.5. The van der Waals surface area contributed by atoms with Crippen LogP contribution in [-0.2, 0) is 18.0 Å². The van der Waals surface area contributed by atoms with E-state index in [1.54, 1.807) is 41.9 Å². The molecule has 12 heteroatoms. The van der Waals surface area contributed by atoms with E-state index in [9.17, 15) is 22.4 Å². The zero-order valence-electron chi connectivity index (χ0n) is 21.1. The third-order valence-electron chi connectivity index (χ3n) is 6.44. The molecular weight excluding hydrogens is 516 g/mol. The van der Waals surface area contributed by atoms with Gasteiger partial charge in [-0.15, -0.1) is 0 Å². The van der Waals surface area contributed by atoms with E-state index >= 15 is 0 Å². The molecule has 1 amide bonds. The zero-order chi connectivity index (χ0) is 27.6. The summed E-state index contributed by atoms with van der Waals surface area (Å²) in [5, 5.41) is 5.45. The van der Waals surface area contributed by atoms with Crippen molar-refractivity contribution in [1.82, 2.24) is 19.4 Å². The van der Waals surface area contributed by atoms with Crippen LogP contribution in [0.25, 0.3) is 11.0 Å². The Bertz CT molecular complexity index is 1500. The van der Waals surface area contributed by atoms with Gasteiger partial charge in [0.15, 0.2) is 0 Å². The van der Waals surface area contributed by atoms with Crippen LogP contribution in [0.1, 0.15) is 24.8 Å². The first-order valence-electron chi connectivity index (χ1n) is 12.4. The molecule has 5 rings (SSSR count). The first-order valence-corrected chi connectivity index (χ1v) is 12.4. The Balaban J connectivity index is 1.29. The maximum atomic E-state index is 14.2. The van der Waals surface area contributed by atoms with Gasteiger partial charge in [-0.05, 0) is 62.3 Å². The number of amides is 1. The molecule has 1 saturated heterocycles. The lowest BCUT2D eigenvalue weighted by atomic mass is 10.1. The molecule has 204 valence electrons. The topological polar surface area (TPSA) is 84.3 Å². The van der Waals surface area contributed by atoms with Gasteiger partial charge in [0, 0.05) is 25.4 Å². The van der Waals surface area contributed by atoms with Gasteiger partial charge >= 0.3 is 6.18 Å². The van der Waals surface area contributed by atoms with Gasteiger partial charge < -0.3 is 19.9 Å². The van der Waals surface area contributed by atoms with Crippen molar-refractivity contribution in [1.29, 1.82) is 0 Å². The number of carbonyl (C=O) groups is 1. The molecule has 1 fully saturated rings. The quantitative estimate of drug-likeness (QED) is 0.275. The summed E-state index contributed by atoms with van der Waals surface area (Å²) in [4.78, 5) is 23.1. The standard InChI is InChI=1S/C27H26F4N6O2/c1-36-23-8-6-18(14-22(23)34-26(36)33-21-13-17(27(29,30)31)5-7-20(21)28)39-19-9-10-32-24(15-19)35-25(38)16-37-11-3-2-4-12-37/h5-10,13-15H,2-4,11-12,16H2,1H3,(H,33,34)(H,32,35,38). The summed E-state index contributed by atoms with van der Waals surface area (Å²) in [7, 11) is 1.66. The van der Waals surface area contributed by atoms with Crippen LogP contribution in [0.15, 0.2) is 54.7 Å². The Labute approximate surface area is 221 Å². The van der Waals surface area contributed by atoms with Crippen LogP contribution in [0.4, 0.5) is 35.0 Å². The number of nitrogens with one attached hydrogen (secondary N) is 2. The second-order valence-electron chi connectivity index (χ2n) is 9.33. The van der Waals surface area contributed by atoms with Gasteiger partial charge in [-0.2, -0.15) is 13.2 Å². The first kappa shape index (κ1) is 26.4. The molecule has 0 radical (unpaired) electrons. The number of carbonyl (C=O) groups excluding carboxylic acids is 1. The van der Waals surface area contributed by atoms with E-state index in [0.717, 1.165) is 32.0 Å². The van der Waals surface area contributed by atoms with Crippen LogP contribution in [0.2, 0.25) is 0 Å². The molecule has 1 aliphatic heterocycles. The fraction of sp³-hybridized carbons (Fsp3) is 0.296. The molecule has 0 unspecified atom stereocenters.